The van der Waals surface area contributed by atoms with E-state index in [1.165, 1.54) is 0 Å². The van der Waals surface area contributed by atoms with Gasteiger partial charge in [0.25, 0.3) is 6.47 Å². The van der Waals surface area contributed by atoms with Gasteiger partial charge < -0.3 is 46.4 Å². The molecule has 3 aromatic rings. The summed E-state index contributed by atoms with van der Waals surface area (Å²) < 4.78 is 5.07. The number of nitrogens with zero attached hydrogens (tertiary/aromatic N) is 5. The lowest BCUT2D eigenvalue weighted by atomic mass is 10.0. The molecule has 0 aliphatic heterocycles. The molecule has 0 aromatic carbocycles. The van der Waals surface area contributed by atoms with E-state index in [9.17, 15) is 38.4 Å². The van der Waals surface area contributed by atoms with Crippen LogP contribution in [0.4, 0.5) is 9.59 Å². The van der Waals surface area contributed by atoms with E-state index in [-0.39, 0.29) is 67.1 Å². The fourth-order valence-electron chi connectivity index (χ4n) is 8.96. The van der Waals surface area contributed by atoms with Crippen LogP contribution in [0.5, 0.6) is 0 Å². The number of rotatable bonds is 48. The van der Waals surface area contributed by atoms with Crippen molar-refractivity contribution >= 4 is 66.4 Å². The third kappa shape index (κ3) is 57.7. The summed E-state index contributed by atoms with van der Waals surface area (Å²) in [4.78, 5) is 159. The van der Waals surface area contributed by atoms with Crippen LogP contribution < -0.4 is 26.6 Å². The van der Waals surface area contributed by atoms with Crippen molar-refractivity contribution in [1.82, 2.24) is 51.3 Å². The van der Waals surface area contributed by atoms with Crippen LogP contribution in [0.2, 0.25) is 0 Å². The number of pyridine rings is 3. The van der Waals surface area contributed by atoms with Crippen molar-refractivity contribution < 1.29 is 82.1 Å². The molecule has 0 bridgehead atoms. The maximum absolute atomic E-state index is 12.3. The number of ketones is 2. The molecule has 3 heterocycles. The molecule has 3 atom stereocenters. The molecule has 3 rings (SSSR count). The number of aromatic nitrogens is 3. The largest absolute Gasteiger partial charge is 0.481 e. The van der Waals surface area contributed by atoms with E-state index in [1.54, 1.807) is 20.0 Å². The Balaban J connectivity index is 0. The van der Waals surface area contributed by atoms with Gasteiger partial charge in [0, 0.05) is 115 Å². The summed E-state index contributed by atoms with van der Waals surface area (Å²) in [6.07, 6.45) is 23.7. The van der Waals surface area contributed by atoms with Gasteiger partial charge in [0.15, 0.2) is 6.23 Å². The second kappa shape index (κ2) is 61.1. The highest BCUT2D eigenvalue weighted by Gasteiger charge is 2.15. The molecular weight excluding hydrogens is 1190 g/mol. The summed E-state index contributed by atoms with van der Waals surface area (Å²) >= 11 is 0. The maximum Gasteiger partial charge on any atom is 0.373 e. The molecule has 5 amide bonds. The molecule has 0 saturated heterocycles. The number of hydrogen-bond acceptors (Lipinski definition) is 20. The van der Waals surface area contributed by atoms with Crippen LogP contribution >= 0.6 is 0 Å². The predicted molar refractivity (Wildman–Crippen MR) is 335 cm³/mol. The number of unbranched alkanes of at least 4 members (excludes halogenated alkanes) is 11. The SMILES string of the molecule is CC(CCC(=O)O)NC(=O)NCCCCCCC(=O)CCCCCCC(=O)NC(CCCCN(C)Cc1ccccn1)OC=O.CC(CCC(=O)O)NC(=O)NCCCCCCC(=O)CCCCN(Cc1ccccn1)Cc1ccccn1.O=C=O.O=C=O.O=C=O. The average Bonchev–Trinajstić information content (AvgIpc) is 2.32. The second-order valence-electron chi connectivity index (χ2n) is 21.7. The van der Waals surface area contributed by atoms with Gasteiger partial charge in [-0.1, -0.05) is 56.7 Å². The van der Waals surface area contributed by atoms with Gasteiger partial charge in [0.05, 0.1) is 17.1 Å². The first-order valence-corrected chi connectivity index (χ1v) is 31.4. The van der Waals surface area contributed by atoms with Gasteiger partial charge in [-0.2, -0.15) is 28.8 Å². The van der Waals surface area contributed by atoms with Crippen molar-refractivity contribution in [3.63, 3.8) is 0 Å². The minimum atomic E-state index is -0.878. The monoisotopic (exact) mass is 1290 g/mol. The molecule has 27 heteroatoms. The zero-order valence-corrected chi connectivity index (χ0v) is 53.8. The highest BCUT2D eigenvalue weighted by molar-refractivity contribution is 5.79. The normalized spacial score (nSPS) is 11.1. The number of hydrogen-bond donors (Lipinski definition) is 7. The van der Waals surface area contributed by atoms with E-state index < -0.39 is 18.2 Å². The van der Waals surface area contributed by atoms with Crippen LogP contribution in [0.3, 0.4) is 0 Å². The Hall–Kier alpha value is -8.73. The van der Waals surface area contributed by atoms with Crippen molar-refractivity contribution in [2.24, 2.45) is 0 Å². The zero-order chi connectivity index (χ0) is 68.7. The van der Waals surface area contributed by atoms with E-state index in [2.05, 4.69) is 51.3 Å². The fourth-order valence-corrected chi connectivity index (χ4v) is 8.96. The van der Waals surface area contributed by atoms with Gasteiger partial charge in [-0.3, -0.25) is 48.6 Å². The molecule has 3 unspecified atom stereocenters. The Labute approximate surface area is 540 Å². The van der Waals surface area contributed by atoms with Crippen molar-refractivity contribution in [3.8, 4) is 0 Å². The number of amides is 5. The first-order chi connectivity index (χ1) is 44.4. The minimum absolute atomic E-state index is 0.0222. The van der Waals surface area contributed by atoms with Crippen molar-refractivity contribution in [3.05, 3.63) is 90.3 Å². The van der Waals surface area contributed by atoms with E-state index in [0.717, 1.165) is 153 Å². The number of carbonyl (C=O) groups excluding carboxylic acids is 12. The quantitative estimate of drug-likeness (QED) is 0.0162. The van der Waals surface area contributed by atoms with Gasteiger partial charge in [0.1, 0.15) is 11.6 Å². The lowest BCUT2D eigenvalue weighted by Crippen LogP contribution is -2.41. The molecule has 0 spiro atoms. The number of urea groups is 2. The number of Topliss-reactive ketones (excluding diaryl/α,β-unsaturated/α-hetero) is 2. The number of nitrogens with one attached hydrogen (secondary N) is 5. The molecular formula is C65H98N10O17. The summed E-state index contributed by atoms with van der Waals surface area (Å²) in [5.74, 6) is -1.29. The first kappa shape index (κ1) is 85.3. The van der Waals surface area contributed by atoms with Gasteiger partial charge in [-0.25, -0.2) is 9.59 Å². The third-order valence-corrected chi connectivity index (χ3v) is 13.6. The van der Waals surface area contributed by atoms with Crippen LogP contribution in [0.25, 0.3) is 0 Å². The molecule has 0 saturated carbocycles. The number of ether oxygens (including phenoxy) is 1. The lowest BCUT2D eigenvalue weighted by Gasteiger charge is -2.21. The van der Waals surface area contributed by atoms with Gasteiger partial charge >= 0.3 is 42.5 Å². The second-order valence-corrected chi connectivity index (χ2v) is 21.7. The van der Waals surface area contributed by atoms with Crippen LogP contribution in [0.15, 0.2) is 73.2 Å². The number of carbonyl (C=O) groups is 8. The minimum Gasteiger partial charge on any atom is -0.481 e. The highest BCUT2D eigenvalue weighted by Crippen LogP contribution is 2.14. The molecule has 0 radical (unpaired) electrons. The van der Waals surface area contributed by atoms with E-state index in [1.807, 2.05) is 74.0 Å². The maximum atomic E-state index is 12.3. The summed E-state index contributed by atoms with van der Waals surface area (Å²) in [6, 6.07) is 16.8. The molecule has 0 aliphatic carbocycles. The van der Waals surface area contributed by atoms with Crippen LogP contribution in [0.1, 0.15) is 198 Å². The Bertz CT molecular complexity index is 2470. The number of carboxylic acid groups (broad SMARTS) is 2. The van der Waals surface area contributed by atoms with Crippen molar-refractivity contribution in [2.75, 3.05) is 33.2 Å². The molecule has 27 nitrogen and oxygen atoms in total. The standard InChI is InChI=1S/C33H55N5O7.C29H43N5O4.3CO2/c1-27(20-21-32(42)43)36-33(44)35-23-12-6-5-8-17-29(40)16-7-3-4-9-18-30(41)37-31(45-26-39)19-11-14-24-38(2)25-28-15-10-13-22-34-28;1-24(16-17-28(36)37)33-29(38)32-20-8-3-2-4-14-27(35)15-7-11-21-34(22-25-12-5-9-18-30-25)23-26-13-6-10-19-31-26;3*2-1-3/h10,13,15,22,26-27,31H,3-9,11-12,14,16-21,23-25H2,1-2H3,(H,37,41)(H,42,43)(H2,35,36,44);5-6,9-10,12-13,18-19,24H,2-4,7-8,11,14-17,20-23H2,1H3,(H,36,37)(H2,32,33,38);;;. The molecule has 92 heavy (non-hydrogen) atoms. The van der Waals surface area contributed by atoms with Crippen LogP contribution in [-0.4, -0.2) is 153 Å². The lowest BCUT2D eigenvalue weighted by molar-refractivity contribution is -0.193. The van der Waals surface area contributed by atoms with E-state index in [0.29, 0.717) is 76.7 Å². The molecule has 0 aliphatic rings. The van der Waals surface area contributed by atoms with Crippen LogP contribution in [-0.2, 0) is 81.9 Å². The van der Waals surface area contributed by atoms with E-state index >= 15 is 0 Å². The average molecular weight is 1290 g/mol. The number of aliphatic carboxylic acids is 2. The predicted octanol–water partition coefficient (Wildman–Crippen LogP) is 7.68. The Morgan fingerprint density at radius 3 is 1.23 bits per heavy atom. The first-order valence-electron chi connectivity index (χ1n) is 31.4. The van der Waals surface area contributed by atoms with E-state index in [4.69, 9.17) is 43.7 Å². The molecule has 510 valence electrons. The van der Waals surface area contributed by atoms with Crippen molar-refractivity contribution in [1.29, 1.82) is 0 Å². The molecule has 7 N–H and O–H groups in total. The Kier molecular flexibility index (Phi) is 56.7. The number of carboxylic acids is 2. The van der Waals surface area contributed by atoms with Gasteiger partial charge in [-0.05, 0) is 147 Å². The summed E-state index contributed by atoms with van der Waals surface area (Å²) in [5.41, 5.74) is 3.07. The summed E-state index contributed by atoms with van der Waals surface area (Å²) in [6.45, 7) is 9.10. The summed E-state index contributed by atoms with van der Waals surface area (Å²) in [7, 11) is 2.04. The highest BCUT2D eigenvalue weighted by atomic mass is 16.5. The molecule has 3 aromatic heterocycles. The smallest absolute Gasteiger partial charge is 0.373 e. The summed E-state index contributed by atoms with van der Waals surface area (Å²) in [5, 5.41) is 31.2. The molecule has 0 fully saturated rings. The third-order valence-electron chi connectivity index (χ3n) is 13.6. The fraction of sp³-hybridized carbons (Fsp3) is 0.600. The van der Waals surface area contributed by atoms with Crippen LogP contribution in [0, 0.1) is 0 Å². The Morgan fingerprint density at radius 2 is 0.848 bits per heavy atom. The zero-order valence-electron chi connectivity index (χ0n) is 53.8. The van der Waals surface area contributed by atoms with Crippen molar-refractivity contribution in [2.45, 2.75) is 219 Å². The Morgan fingerprint density at radius 1 is 0.478 bits per heavy atom. The van der Waals surface area contributed by atoms with Gasteiger partial charge in [0.2, 0.25) is 5.91 Å². The van der Waals surface area contributed by atoms with Gasteiger partial charge in [-0.15, -0.1) is 0 Å². The topological polar surface area (TPSA) is 394 Å².